The SMILES string of the molecule is COc1ccc(C(C)=Nc2ccc(C)cc2)cc1. The summed E-state index contributed by atoms with van der Waals surface area (Å²) in [5.41, 5.74) is 4.34. The summed E-state index contributed by atoms with van der Waals surface area (Å²) >= 11 is 0. The lowest BCUT2D eigenvalue weighted by Crippen LogP contribution is -1.94. The van der Waals surface area contributed by atoms with Crippen LogP contribution in [-0.4, -0.2) is 12.8 Å². The average molecular weight is 239 g/mol. The van der Waals surface area contributed by atoms with Gasteiger partial charge in [-0.25, -0.2) is 0 Å². The van der Waals surface area contributed by atoms with Crippen LogP contribution in [0.5, 0.6) is 5.75 Å². The van der Waals surface area contributed by atoms with Crippen LogP contribution in [0, 0.1) is 6.92 Å². The van der Waals surface area contributed by atoms with Crippen molar-refractivity contribution in [1.82, 2.24) is 0 Å². The zero-order valence-electron chi connectivity index (χ0n) is 11.0. The van der Waals surface area contributed by atoms with Gasteiger partial charge in [0, 0.05) is 5.71 Å². The van der Waals surface area contributed by atoms with E-state index in [1.165, 1.54) is 5.56 Å². The Morgan fingerprint density at radius 2 is 1.56 bits per heavy atom. The summed E-state index contributed by atoms with van der Waals surface area (Å²) in [6.07, 6.45) is 0. The molecular formula is C16H17NO. The standard InChI is InChI=1S/C16H17NO/c1-12-4-8-15(9-5-12)17-13(2)14-6-10-16(18-3)11-7-14/h4-11H,1-3H3. The molecule has 0 unspecified atom stereocenters. The van der Waals surface area contributed by atoms with Crippen molar-refractivity contribution >= 4 is 11.4 Å². The largest absolute Gasteiger partial charge is 0.497 e. The second-order valence-corrected chi connectivity index (χ2v) is 4.26. The van der Waals surface area contributed by atoms with Gasteiger partial charge >= 0.3 is 0 Å². The summed E-state index contributed by atoms with van der Waals surface area (Å²) in [4.78, 5) is 4.60. The summed E-state index contributed by atoms with van der Waals surface area (Å²) < 4.78 is 5.14. The number of aliphatic imine (C=N–C) groups is 1. The second kappa shape index (κ2) is 5.50. The minimum atomic E-state index is 0.863. The molecule has 0 saturated carbocycles. The highest BCUT2D eigenvalue weighted by molar-refractivity contribution is 6.00. The van der Waals surface area contributed by atoms with Gasteiger partial charge in [-0.05, 0) is 55.8 Å². The van der Waals surface area contributed by atoms with E-state index in [9.17, 15) is 0 Å². The van der Waals surface area contributed by atoms with Crippen molar-refractivity contribution in [3.63, 3.8) is 0 Å². The molecule has 0 aliphatic rings. The van der Waals surface area contributed by atoms with E-state index in [1.807, 2.05) is 43.3 Å². The number of hydrogen-bond acceptors (Lipinski definition) is 2. The maximum atomic E-state index is 5.14. The van der Waals surface area contributed by atoms with E-state index in [4.69, 9.17) is 4.74 Å². The van der Waals surface area contributed by atoms with Crippen molar-refractivity contribution in [2.24, 2.45) is 4.99 Å². The van der Waals surface area contributed by atoms with E-state index < -0.39 is 0 Å². The lowest BCUT2D eigenvalue weighted by molar-refractivity contribution is 0.415. The normalized spacial score (nSPS) is 11.4. The zero-order valence-corrected chi connectivity index (χ0v) is 11.0. The van der Waals surface area contributed by atoms with Crippen LogP contribution in [0.4, 0.5) is 5.69 Å². The lowest BCUT2D eigenvalue weighted by atomic mass is 10.1. The van der Waals surface area contributed by atoms with Crippen LogP contribution in [0.3, 0.4) is 0 Å². The Morgan fingerprint density at radius 3 is 2.11 bits per heavy atom. The lowest BCUT2D eigenvalue weighted by Gasteiger charge is -2.03. The Morgan fingerprint density at radius 1 is 0.944 bits per heavy atom. The molecule has 18 heavy (non-hydrogen) atoms. The molecule has 2 aromatic rings. The number of benzene rings is 2. The van der Waals surface area contributed by atoms with E-state index in [2.05, 4.69) is 24.0 Å². The quantitative estimate of drug-likeness (QED) is 0.737. The molecule has 0 aromatic heterocycles. The molecule has 0 bridgehead atoms. The van der Waals surface area contributed by atoms with Crippen LogP contribution in [0.1, 0.15) is 18.1 Å². The molecule has 0 fully saturated rings. The first-order valence-electron chi connectivity index (χ1n) is 5.95. The van der Waals surface area contributed by atoms with E-state index in [1.54, 1.807) is 7.11 Å². The maximum absolute atomic E-state index is 5.14. The number of rotatable bonds is 3. The van der Waals surface area contributed by atoms with Gasteiger partial charge in [0.05, 0.1) is 12.8 Å². The third-order valence-electron chi connectivity index (χ3n) is 2.84. The highest BCUT2D eigenvalue weighted by Crippen LogP contribution is 2.16. The average Bonchev–Trinajstić information content (AvgIpc) is 2.41. The molecule has 2 rings (SSSR count). The van der Waals surface area contributed by atoms with Gasteiger partial charge in [-0.15, -0.1) is 0 Å². The molecule has 0 aliphatic heterocycles. The Balaban J connectivity index is 2.23. The Kier molecular flexibility index (Phi) is 3.78. The predicted molar refractivity (Wildman–Crippen MR) is 76.0 cm³/mol. The molecule has 0 amide bonds. The Labute approximate surface area is 108 Å². The number of ether oxygens (including phenoxy) is 1. The first-order chi connectivity index (χ1) is 8.69. The summed E-state index contributed by atoms with van der Waals surface area (Å²) in [7, 11) is 1.67. The molecule has 2 heteroatoms. The molecule has 2 nitrogen and oxygen atoms in total. The van der Waals surface area contributed by atoms with Crippen LogP contribution >= 0.6 is 0 Å². The molecule has 0 spiro atoms. The van der Waals surface area contributed by atoms with Gasteiger partial charge in [0.2, 0.25) is 0 Å². The summed E-state index contributed by atoms with van der Waals surface area (Å²) in [5.74, 6) is 0.863. The fourth-order valence-corrected chi connectivity index (χ4v) is 1.71. The third-order valence-corrected chi connectivity index (χ3v) is 2.84. The van der Waals surface area contributed by atoms with E-state index in [-0.39, 0.29) is 0 Å². The molecule has 2 aromatic carbocycles. The van der Waals surface area contributed by atoms with Crippen LogP contribution in [0.15, 0.2) is 53.5 Å². The third kappa shape index (κ3) is 2.98. The van der Waals surface area contributed by atoms with Gasteiger partial charge < -0.3 is 4.74 Å². The smallest absolute Gasteiger partial charge is 0.118 e. The van der Waals surface area contributed by atoms with Crippen LogP contribution in [0.2, 0.25) is 0 Å². The molecular weight excluding hydrogens is 222 g/mol. The first-order valence-corrected chi connectivity index (χ1v) is 5.95. The van der Waals surface area contributed by atoms with Gasteiger partial charge in [-0.2, -0.15) is 0 Å². The maximum Gasteiger partial charge on any atom is 0.118 e. The fraction of sp³-hybridized carbons (Fsp3) is 0.188. The minimum absolute atomic E-state index is 0.863. The zero-order chi connectivity index (χ0) is 13.0. The topological polar surface area (TPSA) is 21.6 Å². The molecule has 0 atom stereocenters. The number of methoxy groups -OCH3 is 1. The van der Waals surface area contributed by atoms with E-state index in [0.717, 1.165) is 22.7 Å². The molecule has 0 heterocycles. The highest BCUT2D eigenvalue weighted by atomic mass is 16.5. The summed E-state index contributed by atoms with van der Waals surface area (Å²) in [6, 6.07) is 16.1. The monoisotopic (exact) mass is 239 g/mol. The van der Waals surface area contributed by atoms with Crippen molar-refractivity contribution in [3.8, 4) is 5.75 Å². The van der Waals surface area contributed by atoms with Gasteiger partial charge in [-0.3, -0.25) is 4.99 Å². The van der Waals surface area contributed by atoms with Crippen molar-refractivity contribution < 1.29 is 4.74 Å². The van der Waals surface area contributed by atoms with E-state index >= 15 is 0 Å². The van der Waals surface area contributed by atoms with Crippen molar-refractivity contribution in [2.45, 2.75) is 13.8 Å². The molecule has 0 aliphatic carbocycles. The van der Waals surface area contributed by atoms with Gasteiger partial charge in [0.25, 0.3) is 0 Å². The fourth-order valence-electron chi connectivity index (χ4n) is 1.71. The van der Waals surface area contributed by atoms with Crippen molar-refractivity contribution in [3.05, 3.63) is 59.7 Å². The minimum Gasteiger partial charge on any atom is -0.497 e. The number of aryl methyl sites for hydroxylation is 1. The van der Waals surface area contributed by atoms with Crippen molar-refractivity contribution in [2.75, 3.05) is 7.11 Å². The molecule has 92 valence electrons. The van der Waals surface area contributed by atoms with Crippen LogP contribution < -0.4 is 4.74 Å². The van der Waals surface area contributed by atoms with Crippen LogP contribution in [-0.2, 0) is 0 Å². The predicted octanol–water partition coefficient (Wildman–Crippen LogP) is 4.14. The van der Waals surface area contributed by atoms with Gasteiger partial charge in [-0.1, -0.05) is 17.7 Å². The number of hydrogen-bond donors (Lipinski definition) is 0. The molecule has 0 radical (unpaired) electrons. The van der Waals surface area contributed by atoms with Crippen LogP contribution in [0.25, 0.3) is 0 Å². The molecule has 0 N–H and O–H groups in total. The number of nitrogens with zero attached hydrogens (tertiary/aromatic N) is 1. The van der Waals surface area contributed by atoms with Gasteiger partial charge in [0.1, 0.15) is 5.75 Å². The highest BCUT2D eigenvalue weighted by Gasteiger charge is 1.98. The summed E-state index contributed by atoms with van der Waals surface area (Å²) in [6.45, 7) is 4.09. The van der Waals surface area contributed by atoms with Crippen molar-refractivity contribution in [1.29, 1.82) is 0 Å². The molecule has 0 saturated heterocycles. The second-order valence-electron chi connectivity index (χ2n) is 4.26. The summed E-state index contributed by atoms with van der Waals surface area (Å²) in [5, 5.41) is 0. The Hall–Kier alpha value is -2.09. The van der Waals surface area contributed by atoms with E-state index in [0.29, 0.717) is 0 Å². The first kappa shape index (κ1) is 12.4. The Bertz CT molecular complexity index is 538. The van der Waals surface area contributed by atoms with Gasteiger partial charge in [0.15, 0.2) is 0 Å².